The average molecular weight is 435 g/mol. The van der Waals surface area contributed by atoms with Crippen molar-refractivity contribution in [3.05, 3.63) is 76.4 Å². The molecule has 0 aliphatic carbocycles. The number of Topliss-reactive ketones (excluding diaryl/α,β-unsaturated/α-hetero) is 1. The van der Waals surface area contributed by atoms with Gasteiger partial charge in [0.1, 0.15) is 0 Å². The molecule has 0 unspecified atom stereocenters. The Labute approximate surface area is 188 Å². The summed E-state index contributed by atoms with van der Waals surface area (Å²) in [5.74, 6) is 0.267. The van der Waals surface area contributed by atoms with Crippen LogP contribution in [0.2, 0.25) is 0 Å². The summed E-state index contributed by atoms with van der Waals surface area (Å²) in [7, 11) is 0. The lowest BCUT2D eigenvalue weighted by molar-refractivity contribution is 0.0587. The first-order valence-electron chi connectivity index (χ1n) is 11.1. The Morgan fingerprint density at radius 1 is 1.00 bits per heavy atom. The van der Waals surface area contributed by atoms with Gasteiger partial charge in [0.15, 0.2) is 5.78 Å². The van der Waals surface area contributed by atoms with Crippen molar-refractivity contribution in [1.29, 1.82) is 0 Å². The highest BCUT2D eigenvalue weighted by Gasteiger charge is 2.26. The van der Waals surface area contributed by atoms with E-state index in [1.165, 1.54) is 5.56 Å². The fourth-order valence-corrected chi connectivity index (χ4v) is 4.33. The highest BCUT2D eigenvalue weighted by atomic mass is 16.5. The number of rotatable bonds is 7. The van der Waals surface area contributed by atoms with Crippen molar-refractivity contribution < 1.29 is 14.1 Å². The van der Waals surface area contributed by atoms with Crippen molar-refractivity contribution in [2.75, 3.05) is 32.7 Å². The molecule has 7 heteroatoms. The van der Waals surface area contributed by atoms with E-state index in [-0.39, 0.29) is 17.5 Å². The maximum absolute atomic E-state index is 13.1. The first-order valence-corrected chi connectivity index (χ1v) is 11.1. The van der Waals surface area contributed by atoms with Crippen LogP contribution in [0.4, 0.5) is 0 Å². The summed E-state index contributed by atoms with van der Waals surface area (Å²) in [6, 6.07) is 14.1. The number of hydrogen-bond acceptors (Lipinski definition) is 5. The summed E-state index contributed by atoms with van der Waals surface area (Å²) >= 11 is 0. The van der Waals surface area contributed by atoms with Crippen molar-refractivity contribution >= 4 is 11.7 Å². The number of piperazine rings is 1. The normalized spacial score (nSPS) is 14.7. The molecule has 1 fully saturated rings. The Hall–Kier alpha value is -3.19. The molecule has 0 atom stereocenters. The van der Waals surface area contributed by atoms with Gasteiger partial charge in [0.05, 0.1) is 12.2 Å². The minimum atomic E-state index is -0.140. The van der Waals surface area contributed by atoms with Crippen LogP contribution in [0.3, 0.4) is 0 Å². The zero-order valence-electron chi connectivity index (χ0n) is 19.0. The van der Waals surface area contributed by atoms with Crippen molar-refractivity contribution in [3.8, 4) is 0 Å². The Morgan fingerprint density at radius 3 is 2.38 bits per heavy atom. The van der Waals surface area contributed by atoms with Crippen molar-refractivity contribution in [2.45, 2.75) is 33.7 Å². The lowest BCUT2D eigenvalue weighted by atomic mass is 10.1. The Kier molecular flexibility index (Phi) is 6.55. The molecule has 0 spiro atoms. The molecule has 1 aliphatic rings. The van der Waals surface area contributed by atoms with Gasteiger partial charge in [-0.2, -0.15) is 0 Å². The molecule has 168 valence electrons. The van der Waals surface area contributed by atoms with Crippen molar-refractivity contribution in [2.24, 2.45) is 0 Å². The van der Waals surface area contributed by atoms with Gasteiger partial charge in [-0.1, -0.05) is 35.5 Å². The molecular formula is C25H30N4O3. The van der Waals surface area contributed by atoms with Crippen molar-refractivity contribution in [3.63, 3.8) is 0 Å². The van der Waals surface area contributed by atoms with Gasteiger partial charge in [0.25, 0.3) is 5.91 Å². The molecule has 0 N–H and O–H groups in total. The highest BCUT2D eigenvalue weighted by Crippen LogP contribution is 2.18. The van der Waals surface area contributed by atoms with Gasteiger partial charge in [-0.15, -0.1) is 0 Å². The maximum Gasteiger partial charge on any atom is 0.292 e. The number of amides is 1. The molecule has 7 nitrogen and oxygen atoms in total. The monoisotopic (exact) mass is 434 g/mol. The topological polar surface area (TPSA) is 71.6 Å². The average Bonchev–Trinajstić information content (AvgIpc) is 3.36. The first-order chi connectivity index (χ1) is 15.4. The van der Waals surface area contributed by atoms with Gasteiger partial charge in [0.2, 0.25) is 5.76 Å². The second-order valence-electron chi connectivity index (χ2n) is 8.50. The van der Waals surface area contributed by atoms with Crippen molar-refractivity contribution in [1.82, 2.24) is 19.5 Å². The molecule has 1 amide bonds. The molecular weight excluding hydrogens is 404 g/mol. The van der Waals surface area contributed by atoms with E-state index in [2.05, 4.69) is 45.8 Å². The smallest absolute Gasteiger partial charge is 0.292 e. The standard InChI is InChI=1S/C25H30N4O3/c1-18-15-24(32-26-18)25(31)28-13-11-27(12-14-28)17-23(30)22-16-19(2)29(20(22)3)10-9-21-7-5-4-6-8-21/h4-8,15-16H,9-14,17H2,1-3H3. The quantitative estimate of drug-likeness (QED) is 0.534. The fourth-order valence-electron chi connectivity index (χ4n) is 4.33. The number of nitrogens with zero attached hydrogens (tertiary/aromatic N) is 4. The predicted octanol–water partition coefficient (Wildman–Crippen LogP) is 3.28. The Morgan fingerprint density at radius 2 is 1.72 bits per heavy atom. The molecule has 2 aromatic heterocycles. The number of aromatic nitrogens is 2. The summed E-state index contributed by atoms with van der Waals surface area (Å²) in [5.41, 5.74) is 4.92. The third-order valence-electron chi connectivity index (χ3n) is 6.21. The number of ketones is 1. The third-order valence-corrected chi connectivity index (χ3v) is 6.21. The van der Waals surface area contributed by atoms with E-state index >= 15 is 0 Å². The van der Waals surface area contributed by atoms with Crippen LogP contribution in [0.15, 0.2) is 47.0 Å². The first kappa shape index (κ1) is 22.0. The number of carbonyl (C=O) groups excluding carboxylic acids is 2. The van der Waals surface area contributed by atoms with Gasteiger partial charge >= 0.3 is 0 Å². The predicted molar refractivity (Wildman–Crippen MR) is 122 cm³/mol. The van der Waals surface area contributed by atoms with Gasteiger partial charge in [0, 0.05) is 55.7 Å². The van der Waals surface area contributed by atoms with Crippen LogP contribution in [-0.2, 0) is 13.0 Å². The molecule has 3 heterocycles. The van der Waals surface area contributed by atoms with Crippen LogP contribution in [0, 0.1) is 20.8 Å². The molecule has 3 aromatic rings. The molecule has 0 radical (unpaired) electrons. The van der Waals surface area contributed by atoms with Gasteiger partial charge in [-0.25, -0.2) is 0 Å². The summed E-state index contributed by atoms with van der Waals surface area (Å²) in [5, 5.41) is 3.79. The van der Waals surface area contributed by atoms with Crippen LogP contribution in [-0.4, -0.2) is 63.9 Å². The van der Waals surface area contributed by atoms with E-state index in [9.17, 15) is 9.59 Å². The van der Waals surface area contributed by atoms with E-state index in [1.54, 1.807) is 17.9 Å². The summed E-state index contributed by atoms with van der Waals surface area (Å²) in [4.78, 5) is 29.4. The molecule has 1 aromatic carbocycles. The summed E-state index contributed by atoms with van der Waals surface area (Å²) in [6.45, 7) is 9.58. The zero-order chi connectivity index (χ0) is 22.7. The molecule has 1 saturated heterocycles. The number of carbonyl (C=O) groups is 2. The van der Waals surface area contributed by atoms with E-state index in [4.69, 9.17) is 4.52 Å². The Balaban J connectivity index is 1.33. The molecule has 1 aliphatic heterocycles. The molecule has 0 bridgehead atoms. The number of benzene rings is 1. The molecule has 32 heavy (non-hydrogen) atoms. The lowest BCUT2D eigenvalue weighted by Gasteiger charge is -2.33. The zero-order valence-corrected chi connectivity index (χ0v) is 19.0. The second-order valence-corrected chi connectivity index (χ2v) is 8.50. The van der Waals surface area contributed by atoms with E-state index in [1.807, 2.05) is 19.1 Å². The van der Waals surface area contributed by atoms with Crippen LogP contribution < -0.4 is 0 Å². The van der Waals surface area contributed by atoms with Gasteiger partial charge in [-0.3, -0.25) is 14.5 Å². The Bertz CT molecular complexity index is 1090. The fraction of sp³-hybridized carbons (Fsp3) is 0.400. The lowest BCUT2D eigenvalue weighted by Crippen LogP contribution is -2.49. The van der Waals surface area contributed by atoms with Gasteiger partial charge in [-0.05, 0) is 38.8 Å². The molecule has 4 rings (SSSR count). The largest absolute Gasteiger partial charge is 0.351 e. The van der Waals surface area contributed by atoms with Crippen LogP contribution in [0.1, 0.15) is 43.6 Å². The van der Waals surface area contributed by atoms with E-state index < -0.39 is 0 Å². The molecule has 0 saturated carbocycles. The summed E-state index contributed by atoms with van der Waals surface area (Å²) < 4.78 is 7.32. The SMILES string of the molecule is Cc1cc(C(=O)N2CCN(CC(=O)c3cc(C)n(CCc4ccccc4)c3C)CC2)on1. The minimum Gasteiger partial charge on any atom is -0.351 e. The third kappa shape index (κ3) is 4.83. The minimum absolute atomic E-state index is 0.134. The van der Waals surface area contributed by atoms with Crippen LogP contribution in [0.5, 0.6) is 0 Å². The van der Waals surface area contributed by atoms with E-state index in [0.29, 0.717) is 38.4 Å². The van der Waals surface area contributed by atoms with Gasteiger partial charge < -0.3 is 14.0 Å². The number of aryl methyl sites for hydroxylation is 3. The maximum atomic E-state index is 13.1. The highest BCUT2D eigenvalue weighted by molar-refractivity contribution is 5.99. The number of hydrogen-bond donors (Lipinski definition) is 0. The summed E-state index contributed by atoms with van der Waals surface area (Å²) in [6.07, 6.45) is 0.936. The second kappa shape index (κ2) is 9.53. The van der Waals surface area contributed by atoms with E-state index in [0.717, 1.165) is 29.9 Å². The van der Waals surface area contributed by atoms with Crippen LogP contribution >= 0.6 is 0 Å². The van der Waals surface area contributed by atoms with Crippen LogP contribution in [0.25, 0.3) is 0 Å².